The highest BCUT2D eigenvalue weighted by atomic mass is 16.5. The molecule has 94 valence electrons. The molecule has 3 heteroatoms. The number of carbonyl (C=O) groups excluding carboxylic acids is 1. The average Bonchev–Trinajstić information content (AvgIpc) is 2.39. The third-order valence-electron chi connectivity index (χ3n) is 2.93. The highest BCUT2D eigenvalue weighted by molar-refractivity contribution is 5.89. The number of benzene rings is 1. The van der Waals surface area contributed by atoms with E-state index in [1.807, 2.05) is 31.3 Å². The highest BCUT2D eigenvalue weighted by Gasteiger charge is 2.10. The Morgan fingerprint density at radius 1 is 1.35 bits per heavy atom. The molecule has 1 N–H and O–H groups in total. The summed E-state index contributed by atoms with van der Waals surface area (Å²) >= 11 is 0. The molecule has 1 atom stereocenters. The number of ether oxygens (including phenoxy) is 1. The zero-order valence-corrected chi connectivity index (χ0v) is 10.8. The zero-order chi connectivity index (χ0) is 12.7. The maximum absolute atomic E-state index is 11.3. The quantitative estimate of drug-likeness (QED) is 0.770. The molecule has 1 aromatic carbocycles. The van der Waals surface area contributed by atoms with Crippen LogP contribution in [0.15, 0.2) is 24.3 Å². The van der Waals surface area contributed by atoms with Crippen molar-refractivity contribution in [2.45, 2.75) is 32.2 Å². The molecule has 1 rings (SSSR count). The lowest BCUT2D eigenvalue weighted by Gasteiger charge is -2.16. The lowest BCUT2D eigenvalue weighted by atomic mass is 10.00. The van der Waals surface area contributed by atoms with Crippen LogP contribution in [0.3, 0.4) is 0 Å². The first kappa shape index (κ1) is 13.7. The van der Waals surface area contributed by atoms with E-state index in [9.17, 15) is 4.79 Å². The van der Waals surface area contributed by atoms with Crippen molar-refractivity contribution in [3.63, 3.8) is 0 Å². The Labute approximate surface area is 103 Å². The van der Waals surface area contributed by atoms with E-state index >= 15 is 0 Å². The van der Waals surface area contributed by atoms with Gasteiger partial charge in [-0.15, -0.1) is 0 Å². The molecule has 0 bridgehead atoms. The molecule has 0 aliphatic rings. The van der Waals surface area contributed by atoms with Gasteiger partial charge in [-0.05, 0) is 31.2 Å². The SMILES string of the molecule is CCCC[C@@H](NC)c1ccc(C(=O)OC)cc1. The molecule has 1 aromatic rings. The van der Waals surface area contributed by atoms with Gasteiger partial charge in [-0.3, -0.25) is 0 Å². The van der Waals surface area contributed by atoms with Crippen molar-refractivity contribution in [2.24, 2.45) is 0 Å². The Balaban J connectivity index is 2.74. The van der Waals surface area contributed by atoms with Crippen LogP contribution < -0.4 is 5.32 Å². The van der Waals surface area contributed by atoms with E-state index in [4.69, 9.17) is 0 Å². The molecule has 0 amide bonds. The van der Waals surface area contributed by atoms with E-state index in [0.29, 0.717) is 11.6 Å². The Bertz CT molecular complexity index is 346. The van der Waals surface area contributed by atoms with E-state index < -0.39 is 0 Å². The number of carbonyl (C=O) groups is 1. The molecule has 0 heterocycles. The summed E-state index contributed by atoms with van der Waals surface area (Å²) in [7, 11) is 3.36. The van der Waals surface area contributed by atoms with E-state index in [-0.39, 0.29) is 5.97 Å². The second-order valence-corrected chi connectivity index (χ2v) is 4.10. The number of rotatable bonds is 6. The summed E-state index contributed by atoms with van der Waals surface area (Å²) in [6.45, 7) is 2.19. The van der Waals surface area contributed by atoms with Gasteiger partial charge in [-0.2, -0.15) is 0 Å². The summed E-state index contributed by atoms with van der Waals surface area (Å²) in [6.07, 6.45) is 3.51. The third kappa shape index (κ3) is 3.86. The molecule has 17 heavy (non-hydrogen) atoms. The number of nitrogens with one attached hydrogen (secondary N) is 1. The van der Waals surface area contributed by atoms with Crippen molar-refractivity contribution in [1.29, 1.82) is 0 Å². The number of esters is 1. The van der Waals surface area contributed by atoms with Gasteiger partial charge in [0.05, 0.1) is 12.7 Å². The number of hydrogen-bond acceptors (Lipinski definition) is 3. The standard InChI is InChI=1S/C14H21NO2/c1-4-5-6-13(15-2)11-7-9-12(10-8-11)14(16)17-3/h7-10,13,15H,4-6H2,1-3H3/t13-/m1/s1. The maximum atomic E-state index is 11.3. The predicted octanol–water partition coefficient (Wildman–Crippen LogP) is 2.92. The number of unbranched alkanes of at least 4 members (excludes halogenated alkanes) is 1. The first-order valence-corrected chi connectivity index (χ1v) is 6.08. The van der Waals surface area contributed by atoms with E-state index in [1.165, 1.54) is 25.5 Å². The predicted molar refractivity (Wildman–Crippen MR) is 69.1 cm³/mol. The van der Waals surface area contributed by atoms with Gasteiger partial charge in [0.15, 0.2) is 0 Å². The molecule has 0 saturated heterocycles. The highest BCUT2D eigenvalue weighted by Crippen LogP contribution is 2.19. The Hall–Kier alpha value is -1.35. The van der Waals surface area contributed by atoms with Crippen molar-refractivity contribution < 1.29 is 9.53 Å². The molecule has 0 spiro atoms. The van der Waals surface area contributed by atoms with Gasteiger partial charge in [0.1, 0.15) is 0 Å². The average molecular weight is 235 g/mol. The summed E-state index contributed by atoms with van der Waals surface area (Å²) in [5.41, 5.74) is 1.81. The molecule has 3 nitrogen and oxygen atoms in total. The lowest BCUT2D eigenvalue weighted by molar-refractivity contribution is 0.0600. The summed E-state index contributed by atoms with van der Waals surface area (Å²) in [6, 6.07) is 7.97. The van der Waals surface area contributed by atoms with Crippen LogP contribution in [-0.4, -0.2) is 20.1 Å². The van der Waals surface area contributed by atoms with Crippen molar-refractivity contribution in [1.82, 2.24) is 5.32 Å². The summed E-state index contributed by atoms with van der Waals surface area (Å²) in [4.78, 5) is 11.3. The molecule has 0 unspecified atom stereocenters. The zero-order valence-electron chi connectivity index (χ0n) is 10.8. The van der Waals surface area contributed by atoms with E-state index in [2.05, 4.69) is 17.0 Å². The fourth-order valence-corrected chi connectivity index (χ4v) is 1.86. The lowest BCUT2D eigenvalue weighted by Crippen LogP contribution is -2.16. The molecule has 0 fully saturated rings. The second kappa shape index (κ2) is 7.07. The fourth-order valence-electron chi connectivity index (χ4n) is 1.86. The monoisotopic (exact) mass is 235 g/mol. The first-order chi connectivity index (χ1) is 8.22. The van der Waals surface area contributed by atoms with Gasteiger partial charge < -0.3 is 10.1 Å². The smallest absolute Gasteiger partial charge is 0.337 e. The number of hydrogen-bond donors (Lipinski definition) is 1. The topological polar surface area (TPSA) is 38.3 Å². The molecule has 0 aliphatic carbocycles. The molecule has 0 saturated carbocycles. The van der Waals surface area contributed by atoms with E-state index in [1.54, 1.807) is 0 Å². The minimum atomic E-state index is -0.286. The summed E-state index contributed by atoms with van der Waals surface area (Å²) in [5.74, 6) is -0.286. The van der Waals surface area contributed by atoms with Crippen molar-refractivity contribution >= 4 is 5.97 Å². The van der Waals surface area contributed by atoms with Gasteiger partial charge in [0.2, 0.25) is 0 Å². The second-order valence-electron chi connectivity index (χ2n) is 4.10. The summed E-state index contributed by atoms with van der Waals surface area (Å²) < 4.78 is 4.67. The van der Waals surface area contributed by atoms with Crippen molar-refractivity contribution in [3.05, 3.63) is 35.4 Å². The van der Waals surface area contributed by atoms with Crippen LogP contribution in [0.1, 0.15) is 48.1 Å². The van der Waals surface area contributed by atoms with Crippen LogP contribution in [0.5, 0.6) is 0 Å². The molecular formula is C14H21NO2. The van der Waals surface area contributed by atoms with Gasteiger partial charge >= 0.3 is 5.97 Å². The van der Waals surface area contributed by atoms with Crippen LogP contribution in [0.4, 0.5) is 0 Å². The Morgan fingerprint density at radius 2 is 2.00 bits per heavy atom. The van der Waals surface area contributed by atoms with Gasteiger partial charge in [-0.1, -0.05) is 31.9 Å². The third-order valence-corrected chi connectivity index (χ3v) is 2.93. The maximum Gasteiger partial charge on any atom is 0.337 e. The van der Waals surface area contributed by atoms with Gasteiger partial charge in [-0.25, -0.2) is 4.79 Å². The van der Waals surface area contributed by atoms with Gasteiger partial charge in [0.25, 0.3) is 0 Å². The Kier molecular flexibility index (Phi) is 5.70. The summed E-state index contributed by atoms with van der Waals surface area (Å²) in [5, 5.41) is 3.30. The van der Waals surface area contributed by atoms with E-state index in [0.717, 1.165) is 6.42 Å². The normalized spacial score (nSPS) is 12.2. The van der Waals surface area contributed by atoms with Crippen LogP contribution in [0.25, 0.3) is 0 Å². The minimum Gasteiger partial charge on any atom is -0.465 e. The molecular weight excluding hydrogens is 214 g/mol. The Morgan fingerprint density at radius 3 is 2.47 bits per heavy atom. The molecule has 0 aromatic heterocycles. The van der Waals surface area contributed by atoms with Crippen LogP contribution in [0.2, 0.25) is 0 Å². The van der Waals surface area contributed by atoms with Crippen molar-refractivity contribution in [3.8, 4) is 0 Å². The van der Waals surface area contributed by atoms with Crippen molar-refractivity contribution in [2.75, 3.05) is 14.2 Å². The van der Waals surface area contributed by atoms with Crippen LogP contribution >= 0.6 is 0 Å². The molecule has 0 radical (unpaired) electrons. The first-order valence-electron chi connectivity index (χ1n) is 6.08. The van der Waals surface area contributed by atoms with Crippen LogP contribution in [0, 0.1) is 0 Å². The number of methoxy groups -OCH3 is 1. The van der Waals surface area contributed by atoms with Crippen LogP contribution in [-0.2, 0) is 4.74 Å². The molecule has 0 aliphatic heterocycles. The van der Waals surface area contributed by atoms with Gasteiger partial charge in [0, 0.05) is 6.04 Å². The largest absolute Gasteiger partial charge is 0.465 e. The minimum absolute atomic E-state index is 0.286. The fraction of sp³-hybridized carbons (Fsp3) is 0.500.